The van der Waals surface area contributed by atoms with Crippen molar-refractivity contribution in [1.29, 1.82) is 0 Å². The molecular formula is C12H22N4OS2. The van der Waals surface area contributed by atoms with Crippen molar-refractivity contribution in [3.8, 4) is 0 Å². The van der Waals surface area contributed by atoms with Gasteiger partial charge in [0, 0.05) is 20.6 Å². The number of unbranched alkanes of at least 4 members (excludes halogenated alkanes) is 2. The van der Waals surface area contributed by atoms with Crippen molar-refractivity contribution in [2.75, 3.05) is 43.3 Å². The van der Waals surface area contributed by atoms with Gasteiger partial charge < -0.3 is 16.0 Å². The first-order valence-corrected chi connectivity index (χ1v) is 8.48. The molecule has 0 atom stereocenters. The third kappa shape index (κ3) is 5.28. The van der Waals surface area contributed by atoms with Crippen LogP contribution in [0.25, 0.3) is 0 Å². The van der Waals surface area contributed by atoms with Crippen molar-refractivity contribution in [1.82, 2.24) is 10.3 Å². The Balaban J connectivity index is 2.37. The van der Waals surface area contributed by atoms with E-state index in [1.165, 1.54) is 23.5 Å². The van der Waals surface area contributed by atoms with Crippen LogP contribution in [-0.4, -0.2) is 43.5 Å². The molecule has 3 N–H and O–H groups in total. The maximum atomic E-state index is 11.9. The molecule has 0 aliphatic carbocycles. The van der Waals surface area contributed by atoms with Gasteiger partial charge in [0.2, 0.25) is 0 Å². The summed E-state index contributed by atoms with van der Waals surface area (Å²) in [5.74, 6) is 1.38. The highest BCUT2D eigenvalue weighted by atomic mass is 32.2. The number of aromatic nitrogens is 1. The van der Waals surface area contributed by atoms with Crippen LogP contribution in [0.3, 0.4) is 0 Å². The van der Waals surface area contributed by atoms with Gasteiger partial charge in [-0.3, -0.25) is 4.79 Å². The third-order valence-corrected chi connectivity index (χ3v) is 4.48. The summed E-state index contributed by atoms with van der Waals surface area (Å²) in [6.45, 7) is 0.696. The summed E-state index contributed by atoms with van der Waals surface area (Å²) >= 11 is 3.18. The molecule has 0 unspecified atom stereocenters. The molecule has 0 aliphatic heterocycles. The zero-order valence-electron chi connectivity index (χ0n) is 11.7. The standard InChI is InChI=1S/C12H22N4OS2/c1-16(2)12-15-10(13)9(19-12)11(17)14-7-5-4-6-8-18-3/h4-8,13H2,1-3H3,(H,14,17). The van der Waals surface area contributed by atoms with Crippen LogP contribution in [0.15, 0.2) is 0 Å². The van der Waals surface area contributed by atoms with Crippen LogP contribution < -0.4 is 16.0 Å². The van der Waals surface area contributed by atoms with E-state index in [-0.39, 0.29) is 5.91 Å². The molecule has 108 valence electrons. The third-order valence-electron chi connectivity index (χ3n) is 2.54. The van der Waals surface area contributed by atoms with Crippen LogP contribution >= 0.6 is 23.1 Å². The zero-order valence-corrected chi connectivity index (χ0v) is 13.4. The molecule has 7 heteroatoms. The Morgan fingerprint density at radius 1 is 1.42 bits per heavy atom. The normalized spacial score (nSPS) is 10.5. The average Bonchev–Trinajstić information content (AvgIpc) is 2.76. The molecule has 1 amide bonds. The van der Waals surface area contributed by atoms with Gasteiger partial charge in [-0.25, -0.2) is 4.98 Å². The molecule has 0 aliphatic rings. The highest BCUT2D eigenvalue weighted by Gasteiger charge is 2.16. The van der Waals surface area contributed by atoms with E-state index in [2.05, 4.69) is 16.6 Å². The molecule has 1 heterocycles. The van der Waals surface area contributed by atoms with E-state index in [1.807, 2.05) is 30.8 Å². The Hall–Kier alpha value is -0.950. The van der Waals surface area contributed by atoms with Crippen molar-refractivity contribution >= 4 is 40.0 Å². The van der Waals surface area contributed by atoms with E-state index in [4.69, 9.17) is 5.73 Å². The molecule has 0 spiro atoms. The van der Waals surface area contributed by atoms with E-state index < -0.39 is 0 Å². The first-order valence-electron chi connectivity index (χ1n) is 6.27. The number of rotatable bonds is 8. The number of hydrogen-bond donors (Lipinski definition) is 2. The lowest BCUT2D eigenvalue weighted by Gasteiger charge is -2.05. The fraction of sp³-hybridized carbons (Fsp3) is 0.667. The number of thiazole rings is 1. The van der Waals surface area contributed by atoms with Gasteiger partial charge >= 0.3 is 0 Å². The first kappa shape index (κ1) is 16.1. The molecule has 0 bridgehead atoms. The van der Waals surface area contributed by atoms with Crippen molar-refractivity contribution in [3.05, 3.63) is 4.88 Å². The van der Waals surface area contributed by atoms with Gasteiger partial charge in [0.05, 0.1) is 0 Å². The minimum Gasteiger partial charge on any atom is -0.382 e. The van der Waals surface area contributed by atoms with Gasteiger partial charge in [-0.1, -0.05) is 17.8 Å². The molecule has 1 rings (SSSR count). The topological polar surface area (TPSA) is 71.2 Å². The molecule has 0 saturated heterocycles. The minimum atomic E-state index is -0.118. The van der Waals surface area contributed by atoms with Crippen molar-refractivity contribution < 1.29 is 4.79 Å². The summed E-state index contributed by atoms with van der Waals surface area (Å²) < 4.78 is 0. The summed E-state index contributed by atoms with van der Waals surface area (Å²) in [7, 11) is 3.76. The second kappa shape index (κ2) is 8.27. The van der Waals surface area contributed by atoms with Gasteiger partial charge in [0.15, 0.2) is 5.13 Å². The van der Waals surface area contributed by atoms with Crippen LogP contribution in [0.4, 0.5) is 10.9 Å². The Labute approximate surface area is 123 Å². The number of thioether (sulfide) groups is 1. The molecule has 5 nitrogen and oxygen atoms in total. The molecule has 1 aromatic heterocycles. The number of carbonyl (C=O) groups excluding carboxylic acids is 1. The maximum Gasteiger partial charge on any atom is 0.265 e. The number of nitrogens with two attached hydrogens (primary N) is 1. The summed E-state index contributed by atoms with van der Waals surface area (Å²) in [5, 5.41) is 3.65. The van der Waals surface area contributed by atoms with Crippen LogP contribution in [0.5, 0.6) is 0 Å². The second-order valence-corrected chi connectivity index (χ2v) is 6.38. The lowest BCUT2D eigenvalue weighted by atomic mass is 10.2. The van der Waals surface area contributed by atoms with Crippen LogP contribution in [-0.2, 0) is 0 Å². The largest absolute Gasteiger partial charge is 0.382 e. The number of carbonyl (C=O) groups is 1. The molecule has 0 saturated carbocycles. The molecule has 0 radical (unpaired) electrons. The Kier molecular flexibility index (Phi) is 7.01. The van der Waals surface area contributed by atoms with E-state index in [1.54, 1.807) is 0 Å². The lowest BCUT2D eigenvalue weighted by molar-refractivity contribution is 0.0957. The minimum absolute atomic E-state index is 0.118. The van der Waals surface area contributed by atoms with Crippen LogP contribution in [0.2, 0.25) is 0 Å². The van der Waals surface area contributed by atoms with Crippen LogP contribution in [0.1, 0.15) is 28.9 Å². The SMILES string of the molecule is CSCCCCCNC(=O)c1sc(N(C)C)nc1N. The number of nitrogens with zero attached hydrogens (tertiary/aromatic N) is 2. The fourth-order valence-electron chi connectivity index (χ4n) is 1.50. The Bertz CT molecular complexity index is 406. The molecule has 0 aromatic carbocycles. The second-order valence-electron chi connectivity index (χ2n) is 4.41. The van der Waals surface area contributed by atoms with E-state index in [0.717, 1.165) is 18.0 Å². The predicted octanol–water partition coefficient (Wildman–Crippen LogP) is 2.05. The van der Waals surface area contributed by atoms with Crippen molar-refractivity contribution in [2.45, 2.75) is 19.3 Å². The summed E-state index contributed by atoms with van der Waals surface area (Å²) in [4.78, 5) is 18.5. The number of nitrogens with one attached hydrogen (secondary N) is 1. The molecule has 0 fully saturated rings. The number of anilines is 2. The monoisotopic (exact) mass is 302 g/mol. The quantitative estimate of drug-likeness (QED) is 0.719. The van der Waals surface area contributed by atoms with E-state index in [9.17, 15) is 4.79 Å². The van der Waals surface area contributed by atoms with Crippen LogP contribution in [0, 0.1) is 0 Å². The van der Waals surface area contributed by atoms with E-state index in [0.29, 0.717) is 17.2 Å². The van der Waals surface area contributed by atoms with Crippen molar-refractivity contribution in [2.24, 2.45) is 0 Å². The summed E-state index contributed by atoms with van der Waals surface area (Å²) in [5.41, 5.74) is 5.76. The van der Waals surface area contributed by atoms with Gasteiger partial charge in [-0.15, -0.1) is 0 Å². The predicted molar refractivity (Wildman–Crippen MR) is 85.4 cm³/mol. The number of amides is 1. The highest BCUT2D eigenvalue weighted by molar-refractivity contribution is 7.98. The summed E-state index contributed by atoms with van der Waals surface area (Å²) in [6, 6.07) is 0. The average molecular weight is 302 g/mol. The van der Waals surface area contributed by atoms with Crippen molar-refractivity contribution in [3.63, 3.8) is 0 Å². The molecule has 1 aromatic rings. The maximum absolute atomic E-state index is 11.9. The summed E-state index contributed by atoms with van der Waals surface area (Å²) in [6.07, 6.45) is 5.45. The van der Waals surface area contributed by atoms with Gasteiger partial charge in [-0.05, 0) is 24.9 Å². The van der Waals surface area contributed by atoms with Gasteiger partial charge in [-0.2, -0.15) is 11.8 Å². The fourth-order valence-corrected chi connectivity index (χ4v) is 2.82. The lowest BCUT2D eigenvalue weighted by Crippen LogP contribution is -2.24. The Morgan fingerprint density at radius 2 is 2.16 bits per heavy atom. The zero-order chi connectivity index (χ0) is 14.3. The highest BCUT2D eigenvalue weighted by Crippen LogP contribution is 2.26. The van der Waals surface area contributed by atoms with Gasteiger partial charge in [0.25, 0.3) is 5.91 Å². The first-order chi connectivity index (χ1) is 9.06. The number of hydrogen-bond acceptors (Lipinski definition) is 6. The van der Waals surface area contributed by atoms with E-state index >= 15 is 0 Å². The Morgan fingerprint density at radius 3 is 2.74 bits per heavy atom. The number of nitrogen functional groups attached to an aromatic ring is 1. The smallest absolute Gasteiger partial charge is 0.265 e. The molecule has 19 heavy (non-hydrogen) atoms. The molecular weight excluding hydrogens is 280 g/mol. The van der Waals surface area contributed by atoms with Gasteiger partial charge in [0.1, 0.15) is 10.7 Å².